The number of hydrogen-bond acceptors (Lipinski definition) is 3. The van der Waals surface area contributed by atoms with Gasteiger partial charge in [0.2, 0.25) is 0 Å². The highest BCUT2D eigenvalue weighted by molar-refractivity contribution is 5.50. The van der Waals surface area contributed by atoms with Crippen LogP contribution in [0.5, 0.6) is 5.75 Å². The molecule has 1 aromatic heterocycles. The standard InChI is InChI=1S/C16H22N2O/c1-18-7-6-13(11-18)2-5-15-8-16(10-17-9-15)19-12-14-3-4-14/h2,5,8-10,13-14H,3-4,6-7,11-12H2,1H3/b5-2+. The van der Waals surface area contributed by atoms with Crippen LogP contribution in [-0.4, -0.2) is 36.6 Å². The molecular formula is C16H22N2O. The first kappa shape index (κ1) is 12.7. The molecule has 1 saturated carbocycles. The molecule has 3 rings (SSSR count). The van der Waals surface area contributed by atoms with Crippen LogP contribution >= 0.6 is 0 Å². The molecule has 2 fully saturated rings. The molecule has 2 heterocycles. The van der Waals surface area contributed by atoms with Crippen molar-refractivity contribution in [2.24, 2.45) is 11.8 Å². The summed E-state index contributed by atoms with van der Waals surface area (Å²) in [5.74, 6) is 2.37. The molecule has 0 spiro atoms. The molecule has 102 valence electrons. The summed E-state index contributed by atoms with van der Waals surface area (Å²) in [6.07, 6.45) is 12.1. The van der Waals surface area contributed by atoms with Gasteiger partial charge in [-0.1, -0.05) is 12.2 Å². The van der Waals surface area contributed by atoms with Gasteiger partial charge in [0.1, 0.15) is 5.75 Å². The highest BCUT2D eigenvalue weighted by Crippen LogP contribution is 2.29. The van der Waals surface area contributed by atoms with E-state index in [9.17, 15) is 0 Å². The van der Waals surface area contributed by atoms with Crippen molar-refractivity contribution in [3.63, 3.8) is 0 Å². The second kappa shape index (κ2) is 5.74. The lowest BCUT2D eigenvalue weighted by molar-refractivity contribution is 0.298. The fraction of sp³-hybridized carbons (Fsp3) is 0.562. The Morgan fingerprint density at radius 2 is 2.26 bits per heavy atom. The van der Waals surface area contributed by atoms with Crippen LogP contribution in [0, 0.1) is 11.8 Å². The van der Waals surface area contributed by atoms with Gasteiger partial charge in [-0.05, 0) is 56.3 Å². The van der Waals surface area contributed by atoms with E-state index in [2.05, 4.69) is 35.1 Å². The average Bonchev–Trinajstić information content (AvgIpc) is 3.16. The van der Waals surface area contributed by atoms with E-state index in [1.807, 2.05) is 12.4 Å². The normalized spacial score (nSPS) is 24.2. The molecule has 1 atom stereocenters. The molecule has 1 unspecified atom stereocenters. The summed E-state index contributed by atoms with van der Waals surface area (Å²) < 4.78 is 5.75. The highest BCUT2D eigenvalue weighted by Gasteiger charge is 2.21. The van der Waals surface area contributed by atoms with Crippen LogP contribution < -0.4 is 4.74 Å². The summed E-state index contributed by atoms with van der Waals surface area (Å²) >= 11 is 0. The summed E-state index contributed by atoms with van der Waals surface area (Å²) in [5.41, 5.74) is 1.14. The molecular weight excluding hydrogens is 236 g/mol. The topological polar surface area (TPSA) is 25.4 Å². The van der Waals surface area contributed by atoms with E-state index in [4.69, 9.17) is 4.74 Å². The van der Waals surface area contributed by atoms with Gasteiger partial charge in [0.15, 0.2) is 0 Å². The van der Waals surface area contributed by atoms with E-state index in [1.54, 1.807) is 0 Å². The molecule has 3 nitrogen and oxygen atoms in total. The Bertz CT molecular complexity index is 454. The second-order valence-electron chi connectivity index (χ2n) is 5.88. The third-order valence-electron chi connectivity index (χ3n) is 3.91. The molecule has 3 heteroatoms. The van der Waals surface area contributed by atoms with Crippen molar-refractivity contribution in [2.45, 2.75) is 19.3 Å². The van der Waals surface area contributed by atoms with Crippen LogP contribution in [0.4, 0.5) is 0 Å². The lowest BCUT2D eigenvalue weighted by atomic mass is 10.1. The Kier molecular flexibility index (Phi) is 3.83. The SMILES string of the molecule is CN1CCC(/C=C/c2cncc(OCC3CC3)c2)C1. The molecule has 0 bridgehead atoms. The number of hydrogen-bond donors (Lipinski definition) is 0. The Balaban J connectivity index is 1.57. The predicted octanol–water partition coefficient (Wildman–Crippen LogP) is 2.84. The molecule has 1 saturated heterocycles. The summed E-state index contributed by atoms with van der Waals surface area (Å²) in [6, 6.07) is 2.09. The van der Waals surface area contributed by atoms with E-state index >= 15 is 0 Å². The first-order valence-corrected chi connectivity index (χ1v) is 7.24. The highest BCUT2D eigenvalue weighted by atomic mass is 16.5. The second-order valence-corrected chi connectivity index (χ2v) is 5.88. The lowest BCUT2D eigenvalue weighted by Gasteiger charge is -2.06. The summed E-state index contributed by atoms with van der Waals surface area (Å²) in [7, 11) is 2.18. The van der Waals surface area contributed by atoms with Gasteiger partial charge >= 0.3 is 0 Å². The quantitative estimate of drug-likeness (QED) is 0.812. The van der Waals surface area contributed by atoms with Crippen molar-refractivity contribution in [3.05, 3.63) is 30.1 Å². The number of aromatic nitrogens is 1. The summed E-state index contributed by atoms with van der Waals surface area (Å²) in [5, 5.41) is 0. The largest absolute Gasteiger partial charge is 0.492 e. The minimum Gasteiger partial charge on any atom is -0.492 e. The Labute approximate surface area is 115 Å². The molecule has 2 aliphatic rings. The van der Waals surface area contributed by atoms with Crippen LogP contribution in [-0.2, 0) is 0 Å². The number of pyridine rings is 1. The first-order chi connectivity index (χ1) is 9.29. The van der Waals surface area contributed by atoms with Crippen LogP contribution in [0.15, 0.2) is 24.5 Å². The number of nitrogens with zero attached hydrogens (tertiary/aromatic N) is 2. The zero-order chi connectivity index (χ0) is 13.1. The molecule has 0 radical (unpaired) electrons. The fourth-order valence-electron chi connectivity index (χ4n) is 2.48. The van der Waals surface area contributed by atoms with Crippen molar-refractivity contribution >= 4 is 6.08 Å². The maximum absolute atomic E-state index is 5.75. The van der Waals surface area contributed by atoms with Gasteiger partial charge in [0.05, 0.1) is 12.8 Å². The molecule has 1 aromatic rings. The summed E-state index contributed by atoms with van der Waals surface area (Å²) in [4.78, 5) is 6.63. The number of ether oxygens (including phenoxy) is 1. The minimum absolute atomic E-state index is 0.682. The average molecular weight is 258 g/mol. The van der Waals surface area contributed by atoms with Gasteiger partial charge in [0, 0.05) is 12.7 Å². The molecule has 1 aliphatic heterocycles. The number of rotatable bonds is 5. The van der Waals surface area contributed by atoms with Crippen molar-refractivity contribution in [2.75, 3.05) is 26.7 Å². The van der Waals surface area contributed by atoms with Gasteiger partial charge in [0.25, 0.3) is 0 Å². The monoisotopic (exact) mass is 258 g/mol. The van der Waals surface area contributed by atoms with Crippen LogP contribution in [0.3, 0.4) is 0 Å². The van der Waals surface area contributed by atoms with E-state index in [0.29, 0.717) is 5.92 Å². The van der Waals surface area contributed by atoms with Gasteiger partial charge in [-0.3, -0.25) is 4.98 Å². The zero-order valence-electron chi connectivity index (χ0n) is 11.6. The van der Waals surface area contributed by atoms with E-state index in [0.717, 1.165) is 23.8 Å². The molecule has 1 aliphatic carbocycles. The van der Waals surface area contributed by atoms with Gasteiger partial charge < -0.3 is 9.64 Å². The molecule has 0 aromatic carbocycles. The molecule has 0 amide bonds. The van der Waals surface area contributed by atoms with Gasteiger partial charge in [-0.15, -0.1) is 0 Å². The molecule has 19 heavy (non-hydrogen) atoms. The maximum Gasteiger partial charge on any atom is 0.138 e. The van der Waals surface area contributed by atoms with Crippen molar-refractivity contribution in [1.82, 2.24) is 9.88 Å². The van der Waals surface area contributed by atoms with Crippen molar-refractivity contribution in [3.8, 4) is 5.75 Å². The van der Waals surface area contributed by atoms with Crippen LogP contribution in [0.25, 0.3) is 6.08 Å². The Morgan fingerprint density at radius 1 is 1.37 bits per heavy atom. The van der Waals surface area contributed by atoms with Gasteiger partial charge in [-0.25, -0.2) is 0 Å². The van der Waals surface area contributed by atoms with Crippen molar-refractivity contribution in [1.29, 1.82) is 0 Å². The Hall–Kier alpha value is -1.35. The van der Waals surface area contributed by atoms with E-state index in [1.165, 1.54) is 32.4 Å². The zero-order valence-corrected chi connectivity index (χ0v) is 11.6. The summed E-state index contributed by atoms with van der Waals surface area (Å²) in [6.45, 7) is 3.22. The smallest absolute Gasteiger partial charge is 0.138 e. The third kappa shape index (κ3) is 3.80. The minimum atomic E-state index is 0.682. The van der Waals surface area contributed by atoms with Gasteiger partial charge in [-0.2, -0.15) is 0 Å². The van der Waals surface area contributed by atoms with E-state index < -0.39 is 0 Å². The van der Waals surface area contributed by atoms with Crippen LogP contribution in [0.1, 0.15) is 24.8 Å². The maximum atomic E-state index is 5.75. The third-order valence-corrected chi connectivity index (χ3v) is 3.91. The Morgan fingerprint density at radius 3 is 3.00 bits per heavy atom. The predicted molar refractivity (Wildman–Crippen MR) is 77.1 cm³/mol. The van der Waals surface area contributed by atoms with Crippen molar-refractivity contribution < 1.29 is 4.74 Å². The number of likely N-dealkylation sites (tertiary alicyclic amines) is 1. The lowest BCUT2D eigenvalue weighted by Crippen LogP contribution is -2.13. The fourth-order valence-corrected chi connectivity index (χ4v) is 2.48. The van der Waals surface area contributed by atoms with Crippen LogP contribution in [0.2, 0.25) is 0 Å². The van der Waals surface area contributed by atoms with E-state index in [-0.39, 0.29) is 0 Å². The first-order valence-electron chi connectivity index (χ1n) is 7.24. The molecule has 0 N–H and O–H groups in total.